The van der Waals surface area contributed by atoms with Gasteiger partial charge in [0.2, 0.25) is 5.91 Å². The molecule has 1 aliphatic heterocycles. The lowest BCUT2D eigenvalue weighted by molar-refractivity contribution is -0.136. The van der Waals surface area contributed by atoms with Crippen molar-refractivity contribution in [1.29, 1.82) is 0 Å². The number of urea groups is 1. The quantitative estimate of drug-likeness (QED) is 0.683. The zero-order valence-electron chi connectivity index (χ0n) is 17.2. The molecule has 8 heteroatoms. The van der Waals surface area contributed by atoms with Crippen LogP contribution in [-0.2, 0) is 9.59 Å². The van der Waals surface area contributed by atoms with E-state index in [0.717, 1.165) is 24.2 Å². The minimum atomic E-state index is -0.864. The Kier molecular flexibility index (Phi) is 6.30. The first-order chi connectivity index (χ1) is 13.9. The Hall–Kier alpha value is -2.77. The molecule has 158 valence electrons. The minimum Gasteiger partial charge on any atom is -0.490 e. The van der Waals surface area contributed by atoms with Crippen LogP contribution >= 0.6 is 0 Å². The van der Waals surface area contributed by atoms with Crippen LogP contribution in [0, 0.1) is 5.92 Å². The number of hydrogen-bond donors (Lipinski definition) is 2. The number of nitrogens with one attached hydrogen (secondary N) is 2. The number of nitrogens with zero attached hydrogens (tertiary/aromatic N) is 1. The van der Waals surface area contributed by atoms with E-state index in [1.807, 2.05) is 20.8 Å². The second-order valence-corrected chi connectivity index (χ2v) is 7.52. The van der Waals surface area contributed by atoms with Gasteiger partial charge in [-0.05, 0) is 44.7 Å². The van der Waals surface area contributed by atoms with E-state index >= 15 is 0 Å². The molecular weight excluding hydrogens is 374 g/mol. The van der Waals surface area contributed by atoms with Gasteiger partial charge in [0, 0.05) is 11.8 Å². The lowest BCUT2D eigenvalue weighted by Crippen LogP contribution is -2.54. The van der Waals surface area contributed by atoms with Crippen LogP contribution in [0.1, 0.15) is 46.5 Å². The first kappa shape index (κ1) is 21.0. The van der Waals surface area contributed by atoms with Crippen molar-refractivity contribution < 1.29 is 23.9 Å². The summed E-state index contributed by atoms with van der Waals surface area (Å²) in [6.07, 6.45) is 3.45. The molecule has 4 amide bonds. The number of anilines is 1. The van der Waals surface area contributed by atoms with Gasteiger partial charge in [0.05, 0.1) is 13.2 Å². The van der Waals surface area contributed by atoms with Crippen LogP contribution in [0.15, 0.2) is 18.2 Å². The van der Waals surface area contributed by atoms with Gasteiger partial charge in [-0.3, -0.25) is 14.5 Å². The highest BCUT2D eigenvalue weighted by atomic mass is 16.5. The Morgan fingerprint density at radius 1 is 1.21 bits per heavy atom. The fourth-order valence-electron chi connectivity index (χ4n) is 4.11. The van der Waals surface area contributed by atoms with Crippen molar-refractivity contribution in [3.8, 4) is 11.5 Å². The van der Waals surface area contributed by atoms with E-state index in [-0.39, 0.29) is 18.4 Å². The van der Waals surface area contributed by atoms with E-state index in [0.29, 0.717) is 36.8 Å². The summed E-state index contributed by atoms with van der Waals surface area (Å²) in [6.45, 7) is 6.36. The molecule has 0 radical (unpaired) electrons. The number of rotatable bonds is 7. The predicted molar refractivity (Wildman–Crippen MR) is 108 cm³/mol. The van der Waals surface area contributed by atoms with Crippen LogP contribution < -0.4 is 20.1 Å². The summed E-state index contributed by atoms with van der Waals surface area (Å²) >= 11 is 0. The Balaban J connectivity index is 1.68. The lowest BCUT2D eigenvalue weighted by atomic mass is 9.73. The van der Waals surface area contributed by atoms with Crippen LogP contribution in [0.5, 0.6) is 11.5 Å². The maximum atomic E-state index is 13.0. The van der Waals surface area contributed by atoms with Crippen LogP contribution in [0.2, 0.25) is 0 Å². The molecule has 1 saturated heterocycles. The van der Waals surface area contributed by atoms with Gasteiger partial charge >= 0.3 is 6.03 Å². The molecular formula is C21H29N3O5. The number of amides is 4. The molecule has 29 heavy (non-hydrogen) atoms. The second-order valence-electron chi connectivity index (χ2n) is 7.52. The second kappa shape index (κ2) is 8.71. The van der Waals surface area contributed by atoms with Crippen LogP contribution in [-0.4, -0.2) is 48.0 Å². The Morgan fingerprint density at radius 2 is 1.93 bits per heavy atom. The van der Waals surface area contributed by atoms with Gasteiger partial charge in [-0.2, -0.15) is 0 Å². The molecule has 2 aliphatic rings. The van der Waals surface area contributed by atoms with Crippen LogP contribution in [0.4, 0.5) is 10.5 Å². The largest absolute Gasteiger partial charge is 0.490 e. The molecule has 1 saturated carbocycles. The normalized spacial score (nSPS) is 23.8. The zero-order valence-corrected chi connectivity index (χ0v) is 17.2. The van der Waals surface area contributed by atoms with Crippen LogP contribution in [0.3, 0.4) is 0 Å². The molecule has 0 bridgehead atoms. The van der Waals surface area contributed by atoms with E-state index in [1.165, 1.54) is 0 Å². The van der Waals surface area contributed by atoms with Crippen molar-refractivity contribution in [3.63, 3.8) is 0 Å². The van der Waals surface area contributed by atoms with E-state index in [9.17, 15) is 14.4 Å². The predicted octanol–water partition coefficient (Wildman–Crippen LogP) is 2.92. The van der Waals surface area contributed by atoms with Crippen molar-refractivity contribution in [2.45, 2.75) is 52.0 Å². The van der Waals surface area contributed by atoms with E-state index in [1.54, 1.807) is 18.2 Å². The average Bonchev–Trinajstić information content (AvgIpc) is 2.91. The zero-order chi connectivity index (χ0) is 21.0. The third kappa shape index (κ3) is 4.16. The Labute approximate surface area is 170 Å². The topological polar surface area (TPSA) is 97.0 Å². The van der Waals surface area contributed by atoms with Crippen molar-refractivity contribution in [2.75, 3.05) is 25.1 Å². The van der Waals surface area contributed by atoms with Crippen molar-refractivity contribution in [1.82, 2.24) is 10.2 Å². The highest BCUT2D eigenvalue weighted by molar-refractivity contribution is 6.10. The SMILES string of the molecule is CCOc1ccc(NC(=O)CN2C(=O)N[C@]3(CCCC[C@@H]3C)C2=O)cc1OCC. The van der Waals surface area contributed by atoms with Gasteiger partial charge in [-0.1, -0.05) is 19.8 Å². The third-order valence-corrected chi connectivity index (χ3v) is 5.63. The van der Waals surface area contributed by atoms with Crippen molar-refractivity contribution in [2.24, 2.45) is 5.92 Å². The number of imide groups is 1. The first-order valence-corrected chi connectivity index (χ1v) is 10.2. The first-order valence-electron chi connectivity index (χ1n) is 10.2. The summed E-state index contributed by atoms with van der Waals surface area (Å²) < 4.78 is 11.1. The smallest absolute Gasteiger partial charge is 0.325 e. The lowest BCUT2D eigenvalue weighted by Gasteiger charge is -2.36. The van der Waals surface area contributed by atoms with E-state index in [2.05, 4.69) is 10.6 Å². The molecule has 1 aliphatic carbocycles. The maximum absolute atomic E-state index is 13.0. The van der Waals surface area contributed by atoms with Gasteiger partial charge in [0.25, 0.3) is 5.91 Å². The standard InChI is InChI=1S/C21H29N3O5/c1-4-28-16-10-9-15(12-17(16)29-5-2)22-18(25)13-24-19(26)21(23-20(24)27)11-7-6-8-14(21)3/h9-10,12,14H,4-8,11,13H2,1-3H3,(H,22,25)(H,23,27)/t14-,21-/m0/s1. The minimum absolute atomic E-state index is 0.0561. The van der Waals surface area contributed by atoms with Gasteiger partial charge in [-0.15, -0.1) is 0 Å². The number of hydrogen-bond acceptors (Lipinski definition) is 5. The molecule has 1 aromatic carbocycles. The molecule has 1 spiro atoms. The Morgan fingerprint density at radius 3 is 2.62 bits per heavy atom. The number of benzene rings is 1. The van der Waals surface area contributed by atoms with Crippen molar-refractivity contribution >= 4 is 23.5 Å². The molecule has 8 nitrogen and oxygen atoms in total. The summed E-state index contributed by atoms with van der Waals surface area (Å²) in [5.41, 5.74) is -0.355. The maximum Gasteiger partial charge on any atom is 0.325 e. The van der Waals surface area contributed by atoms with Gasteiger partial charge in [0.1, 0.15) is 12.1 Å². The van der Waals surface area contributed by atoms with E-state index in [4.69, 9.17) is 9.47 Å². The fourth-order valence-corrected chi connectivity index (χ4v) is 4.11. The fraction of sp³-hybridized carbons (Fsp3) is 0.571. The number of carbonyl (C=O) groups is 3. The van der Waals surface area contributed by atoms with Gasteiger partial charge in [-0.25, -0.2) is 4.79 Å². The molecule has 2 atom stereocenters. The highest BCUT2D eigenvalue weighted by Gasteiger charge is 2.55. The number of ether oxygens (including phenoxy) is 2. The molecule has 0 unspecified atom stereocenters. The molecule has 2 N–H and O–H groups in total. The monoisotopic (exact) mass is 403 g/mol. The summed E-state index contributed by atoms with van der Waals surface area (Å²) in [4.78, 5) is 39.0. The Bertz CT molecular complexity index is 797. The van der Waals surface area contributed by atoms with Crippen molar-refractivity contribution in [3.05, 3.63) is 18.2 Å². The van der Waals surface area contributed by atoms with Gasteiger partial charge in [0.15, 0.2) is 11.5 Å². The average molecular weight is 403 g/mol. The number of carbonyl (C=O) groups excluding carboxylic acids is 3. The summed E-state index contributed by atoms with van der Waals surface area (Å²) in [5, 5.41) is 5.59. The van der Waals surface area contributed by atoms with Crippen LogP contribution in [0.25, 0.3) is 0 Å². The molecule has 1 aromatic rings. The van der Waals surface area contributed by atoms with Gasteiger partial charge < -0.3 is 20.1 Å². The summed E-state index contributed by atoms with van der Waals surface area (Å²) in [5.74, 6) is 0.430. The highest BCUT2D eigenvalue weighted by Crippen LogP contribution is 2.38. The third-order valence-electron chi connectivity index (χ3n) is 5.63. The molecule has 3 rings (SSSR count). The van der Waals surface area contributed by atoms with E-state index < -0.39 is 17.5 Å². The molecule has 1 heterocycles. The summed E-state index contributed by atoms with van der Waals surface area (Å²) in [6, 6.07) is 4.59. The molecule has 0 aromatic heterocycles. The molecule has 2 fully saturated rings. The summed E-state index contributed by atoms with van der Waals surface area (Å²) in [7, 11) is 0.